The number of amides is 1. The molecule has 1 aliphatic rings. The van der Waals surface area contributed by atoms with Crippen molar-refractivity contribution in [1.29, 1.82) is 0 Å². The van der Waals surface area contributed by atoms with Gasteiger partial charge in [-0.1, -0.05) is 27.5 Å². The van der Waals surface area contributed by atoms with Crippen LogP contribution in [0.15, 0.2) is 22.7 Å². The molecule has 18 heavy (non-hydrogen) atoms. The summed E-state index contributed by atoms with van der Waals surface area (Å²) < 4.78 is 0.699. The van der Waals surface area contributed by atoms with Crippen LogP contribution in [0.5, 0.6) is 0 Å². The molecule has 0 saturated carbocycles. The number of carbonyl (C=O) groups excluding carboxylic acids is 1. The number of aliphatic carboxylic acids is 1. The Kier molecular flexibility index (Phi) is 3.92. The summed E-state index contributed by atoms with van der Waals surface area (Å²) in [7, 11) is 0. The molecule has 1 saturated heterocycles. The van der Waals surface area contributed by atoms with E-state index in [-0.39, 0.29) is 5.91 Å². The predicted octanol–water partition coefficient (Wildman–Crippen LogP) is 2.79. The molecule has 0 radical (unpaired) electrons. The molecule has 1 aromatic carbocycles. The van der Waals surface area contributed by atoms with Gasteiger partial charge in [0.25, 0.3) is 5.91 Å². The molecule has 6 heteroatoms. The monoisotopic (exact) mass is 331 g/mol. The fourth-order valence-electron chi connectivity index (χ4n) is 2.11. The topological polar surface area (TPSA) is 57.6 Å². The van der Waals surface area contributed by atoms with Crippen LogP contribution >= 0.6 is 27.5 Å². The molecule has 0 aliphatic carbocycles. The number of halogens is 2. The number of hydrogen-bond donors (Lipinski definition) is 1. The SMILES string of the molecule is O=C(O)C1CCCN1C(=O)c1cc(Cl)cc(Br)c1. The van der Waals surface area contributed by atoms with Crippen LogP contribution in [0.1, 0.15) is 23.2 Å². The van der Waals surface area contributed by atoms with E-state index < -0.39 is 12.0 Å². The van der Waals surface area contributed by atoms with Gasteiger partial charge in [-0.3, -0.25) is 4.79 Å². The minimum Gasteiger partial charge on any atom is -0.480 e. The molecular weight excluding hydrogens is 321 g/mol. The van der Waals surface area contributed by atoms with Gasteiger partial charge in [0.15, 0.2) is 0 Å². The molecule has 0 aromatic heterocycles. The average Bonchev–Trinajstić information content (AvgIpc) is 2.75. The number of benzene rings is 1. The first-order valence-electron chi connectivity index (χ1n) is 5.49. The first kappa shape index (κ1) is 13.4. The van der Waals surface area contributed by atoms with Gasteiger partial charge in [0.2, 0.25) is 0 Å². The lowest BCUT2D eigenvalue weighted by atomic mass is 10.1. The third kappa shape index (κ3) is 2.67. The maximum absolute atomic E-state index is 12.2. The zero-order valence-corrected chi connectivity index (χ0v) is 11.7. The van der Waals surface area contributed by atoms with E-state index in [2.05, 4.69) is 15.9 Å². The van der Waals surface area contributed by atoms with Gasteiger partial charge in [0.05, 0.1) is 0 Å². The zero-order chi connectivity index (χ0) is 13.3. The fourth-order valence-corrected chi connectivity index (χ4v) is 2.97. The standard InChI is InChI=1S/C12H11BrClNO3/c13-8-4-7(5-9(14)6-8)11(16)15-3-1-2-10(15)12(17)18/h4-6,10H,1-3H2,(H,17,18). The van der Waals surface area contributed by atoms with Crippen molar-refractivity contribution in [3.05, 3.63) is 33.3 Å². The molecule has 1 aromatic rings. The number of nitrogens with zero attached hydrogens (tertiary/aromatic N) is 1. The van der Waals surface area contributed by atoms with Crippen LogP contribution in [0.25, 0.3) is 0 Å². The van der Waals surface area contributed by atoms with E-state index in [0.717, 1.165) is 0 Å². The minimum absolute atomic E-state index is 0.289. The highest BCUT2D eigenvalue weighted by Gasteiger charge is 2.34. The van der Waals surface area contributed by atoms with E-state index in [1.54, 1.807) is 18.2 Å². The second-order valence-corrected chi connectivity index (χ2v) is 5.51. The highest BCUT2D eigenvalue weighted by molar-refractivity contribution is 9.10. The molecule has 1 atom stereocenters. The van der Waals surface area contributed by atoms with Crippen molar-refractivity contribution in [1.82, 2.24) is 4.90 Å². The van der Waals surface area contributed by atoms with Gasteiger partial charge in [-0.05, 0) is 31.0 Å². The van der Waals surface area contributed by atoms with E-state index in [0.29, 0.717) is 34.4 Å². The number of hydrogen-bond acceptors (Lipinski definition) is 2. The molecule has 1 fully saturated rings. The molecule has 1 amide bonds. The second-order valence-electron chi connectivity index (χ2n) is 4.15. The maximum atomic E-state index is 12.2. The first-order chi connectivity index (χ1) is 8.49. The van der Waals surface area contributed by atoms with Gasteiger partial charge in [0.1, 0.15) is 6.04 Å². The maximum Gasteiger partial charge on any atom is 0.326 e. The second kappa shape index (κ2) is 5.28. The molecule has 1 aliphatic heterocycles. The Balaban J connectivity index is 2.28. The van der Waals surface area contributed by atoms with Crippen LogP contribution in [0.3, 0.4) is 0 Å². The smallest absolute Gasteiger partial charge is 0.326 e. The quantitative estimate of drug-likeness (QED) is 0.906. The number of likely N-dealkylation sites (tertiary alicyclic amines) is 1. The van der Waals surface area contributed by atoms with Gasteiger partial charge >= 0.3 is 5.97 Å². The summed E-state index contributed by atoms with van der Waals surface area (Å²) in [5, 5.41) is 9.50. The molecule has 0 spiro atoms. The number of carboxylic acids is 1. The predicted molar refractivity (Wildman–Crippen MR) is 70.8 cm³/mol. The summed E-state index contributed by atoms with van der Waals surface area (Å²) in [6.07, 6.45) is 1.22. The van der Waals surface area contributed by atoms with Crippen molar-refractivity contribution < 1.29 is 14.7 Å². The van der Waals surface area contributed by atoms with E-state index in [1.807, 2.05) is 0 Å². The summed E-state index contributed by atoms with van der Waals surface area (Å²) in [6.45, 7) is 0.472. The fraction of sp³-hybridized carbons (Fsp3) is 0.333. The Hall–Kier alpha value is -1.07. The van der Waals surface area contributed by atoms with Gasteiger partial charge in [-0.15, -0.1) is 0 Å². The summed E-state index contributed by atoms with van der Waals surface area (Å²) >= 11 is 9.15. The summed E-state index contributed by atoms with van der Waals surface area (Å²) in [6, 6.07) is 4.14. The van der Waals surface area contributed by atoms with Gasteiger partial charge in [0, 0.05) is 21.6 Å². The number of rotatable bonds is 2. The third-order valence-corrected chi connectivity index (χ3v) is 3.58. The summed E-state index contributed by atoms with van der Waals surface area (Å²) in [4.78, 5) is 24.7. The largest absolute Gasteiger partial charge is 0.480 e. The van der Waals surface area contributed by atoms with Crippen molar-refractivity contribution in [2.45, 2.75) is 18.9 Å². The van der Waals surface area contributed by atoms with E-state index in [1.165, 1.54) is 4.90 Å². The van der Waals surface area contributed by atoms with Crippen LogP contribution in [0.2, 0.25) is 5.02 Å². The summed E-state index contributed by atoms with van der Waals surface area (Å²) in [5.74, 6) is -1.25. The molecule has 1 N–H and O–H groups in total. The lowest BCUT2D eigenvalue weighted by Crippen LogP contribution is -2.40. The Bertz CT molecular complexity index is 486. The Labute approximate surface area is 118 Å². The number of carbonyl (C=O) groups is 2. The Morgan fingerprint density at radius 1 is 1.39 bits per heavy atom. The van der Waals surface area contributed by atoms with Crippen LogP contribution in [-0.2, 0) is 4.79 Å². The molecular formula is C12H11BrClNO3. The molecule has 2 rings (SSSR count). The van der Waals surface area contributed by atoms with Crippen LogP contribution in [0, 0.1) is 0 Å². The highest BCUT2D eigenvalue weighted by Crippen LogP contribution is 2.24. The van der Waals surface area contributed by atoms with Crippen molar-refractivity contribution in [2.75, 3.05) is 6.54 Å². The Morgan fingerprint density at radius 2 is 2.11 bits per heavy atom. The summed E-state index contributed by atoms with van der Waals surface area (Å²) in [5.41, 5.74) is 0.405. The van der Waals surface area contributed by atoms with Gasteiger partial charge in [-0.25, -0.2) is 4.79 Å². The van der Waals surface area contributed by atoms with Crippen molar-refractivity contribution in [3.63, 3.8) is 0 Å². The molecule has 4 nitrogen and oxygen atoms in total. The molecule has 1 unspecified atom stereocenters. The van der Waals surface area contributed by atoms with Crippen molar-refractivity contribution in [3.8, 4) is 0 Å². The van der Waals surface area contributed by atoms with Crippen molar-refractivity contribution in [2.24, 2.45) is 0 Å². The van der Waals surface area contributed by atoms with Crippen molar-refractivity contribution >= 4 is 39.4 Å². The molecule has 0 bridgehead atoms. The van der Waals surface area contributed by atoms with Crippen LogP contribution in [0.4, 0.5) is 0 Å². The van der Waals surface area contributed by atoms with E-state index >= 15 is 0 Å². The van der Waals surface area contributed by atoms with E-state index in [9.17, 15) is 9.59 Å². The zero-order valence-electron chi connectivity index (χ0n) is 9.40. The molecule has 96 valence electrons. The minimum atomic E-state index is -0.957. The molecule has 1 heterocycles. The highest BCUT2D eigenvalue weighted by atomic mass is 79.9. The Morgan fingerprint density at radius 3 is 2.72 bits per heavy atom. The normalized spacial score (nSPS) is 19.0. The van der Waals surface area contributed by atoms with Gasteiger partial charge < -0.3 is 10.0 Å². The van der Waals surface area contributed by atoms with Gasteiger partial charge in [-0.2, -0.15) is 0 Å². The third-order valence-electron chi connectivity index (χ3n) is 2.91. The lowest BCUT2D eigenvalue weighted by Gasteiger charge is -2.21. The number of carboxylic acid groups (broad SMARTS) is 1. The van der Waals surface area contributed by atoms with Crippen LogP contribution in [-0.4, -0.2) is 34.5 Å². The van der Waals surface area contributed by atoms with Crippen LogP contribution < -0.4 is 0 Å². The first-order valence-corrected chi connectivity index (χ1v) is 6.66. The van der Waals surface area contributed by atoms with E-state index in [4.69, 9.17) is 16.7 Å². The lowest BCUT2D eigenvalue weighted by molar-refractivity contribution is -0.141. The average molecular weight is 333 g/mol.